The first-order valence-electron chi connectivity index (χ1n) is 5.33. The van der Waals surface area contributed by atoms with Crippen LogP contribution in [0.2, 0.25) is 5.02 Å². The number of Topliss-reactive ketones (excluding diaryl/α,β-unsaturated/α-hetero) is 2. The molecule has 1 heterocycles. The van der Waals surface area contributed by atoms with Gasteiger partial charge in [0, 0.05) is 17.6 Å². The smallest absolute Gasteiger partial charge is 0.181 e. The number of aromatic nitrogens is 1. The monoisotopic (exact) mass is 251 g/mol. The van der Waals surface area contributed by atoms with E-state index < -0.39 is 0 Å². The number of hydrogen-bond acceptors (Lipinski definition) is 3. The molecule has 90 valence electrons. The van der Waals surface area contributed by atoms with Gasteiger partial charge in [0.1, 0.15) is 5.69 Å². The van der Waals surface area contributed by atoms with Crippen molar-refractivity contribution in [3.8, 4) is 0 Å². The summed E-state index contributed by atoms with van der Waals surface area (Å²) in [5.41, 5.74) is 1.04. The highest BCUT2D eigenvalue weighted by Crippen LogP contribution is 2.11. The Morgan fingerprint density at radius 2 is 2.12 bits per heavy atom. The fourth-order valence-corrected chi connectivity index (χ4v) is 1.41. The second-order valence-electron chi connectivity index (χ2n) is 3.76. The largest absolute Gasteiger partial charge is 0.295 e. The summed E-state index contributed by atoms with van der Waals surface area (Å²) in [4.78, 5) is 26.6. The van der Waals surface area contributed by atoms with Crippen molar-refractivity contribution in [2.75, 3.05) is 0 Å². The number of halogens is 1. The zero-order chi connectivity index (χ0) is 12.8. The number of allylic oxidation sites excluding steroid dienone is 2. The third kappa shape index (κ3) is 4.49. The second kappa shape index (κ2) is 6.30. The molecule has 0 amide bonds. The van der Waals surface area contributed by atoms with Crippen LogP contribution in [0, 0.1) is 0 Å². The third-order valence-electron chi connectivity index (χ3n) is 2.38. The molecule has 0 saturated heterocycles. The second-order valence-corrected chi connectivity index (χ2v) is 4.20. The zero-order valence-corrected chi connectivity index (χ0v) is 10.6. The summed E-state index contributed by atoms with van der Waals surface area (Å²) in [6.45, 7) is 3.25. The van der Waals surface area contributed by atoms with Gasteiger partial charge in [0.25, 0.3) is 0 Å². The molecule has 1 rings (SSSR count). The summed E-state index contributed by atoms with van der Waals surface area (Å²) in [5.74, 6) is -0.0431. The summed E-state index contributed by atoms with van der Waals surface area (Å²) in [7, 11) is 0. The molecule has 0 bridgehead atoms. The van der Waals surface area contributed by atoms with Gasteiger partial charge in [0.2, 0.25) is 0 Å². The molecule has 0 aliphatic heterocycles. The minimum Gasteiger partial charge on any atom is -0.295 e. The molecule has 0 fully saturated rings. The minimum absolute atomic E-state index is 0.0262. The lowest BCUT2D eigenvalue weighted by Gasteiger charge is -1.99. The average molecular weight is 252 g/mol. The Morgan fingerprint density at radius 3 is 2.71 bits per heavy atom. The van der Waals surface area contributed by atoms with E-state index in [1.54, 1.807) is 25.1 Å². The molecule has 1 aromatic heterocycles. The number of nitrogens with zero attached hydrogens (tertiary/aromatic N) is 1. The van der Waals surface area contributed by atoms with E-state index in [1.807, 2.05) is 0 Å². The van der Waals surface area contributed by atoms with E-state index >= 15 is 0 Å². The van der Waals surface area contributed by atoms with E-state index in [0.717, 1.165) is 0 Å². The predicted molar refractivity (Wildman–Crippen MR) is 67.2 cm³/mol. The number of rotatable bonds is 5. The quantitative estimate of drug-likeness (QED) is 0.596. The molecule has 0 atom stereocenters. The summed E-state index contributed by atoms with van der Waals surface area (Å²) >= 11 is 5.77. The van der Waals surface area contributed by atoms with E-state index in [4.69, 9.17) is 11.6 Å². The molecular formula is C13H14ClNO2. The van der Waals surface area contributed by atoms with E-state index in [0.29, 0.717) is 29.1 Å². The van der Waals surface area contributed by atoms with Gasteiger partial charge in [-0.2, -0.15) is 0 Å². The lowest BCUT2D eigenvalue weighted by atomic mass is 10.1. The molecule has 3 nitrogen and oxygen atoms in total. The first-order chi connectivity index (χ1) is 8.00. The molecule has 0 unspecified atom stereocenters. The van der Waals surface area contributed by atoms with Gasteiger partial charge < -0.3 is 0 Å². The fraction of sp³-hybridized carbons (Fsp3) is 0.308. The van der Waals surface area contributed by atoms with Crippen LogP contribution in [-0.2, 0) is 4.79 Å². The van der Waals surface area contributed by atoms with Gasteiger partial charge in [-0.05, 0) is 38.0 Å². The summed E-state index contributed by atoms with van der Waals surface area (Å²) in [5, 5.41) is 0.499. The molecule has 0 aliphatic carbocycles. The number of ketones is 2. The van der Waals surface area contributed by atoms with Crippen LogP contribution in [-0.4, -0.2) is 16.6 Å². The Labute approximate surface area is 106 Å². The summed E-state index contributed by atoms with van der Waals surface area (Å²) < 4.78 is 0. The summed E-state index contributed by atoms with van der Waals surface area (Å²) in [6.07, 6.45) is 4.15. The first kappa shape index (κ1) is 13.6. The maximum Gasteiger partial charge on any atom is 0.181 e. The van der Waals surface area contributed by atoms with Crippen LogP contribution >= 0.6 is 11.6 Å². The van der Waals surface area contributed by atoms with Crippen LogP contribution in [0.5, 0.6) is 0 Å². The number of pyridine rings is 1. The van der Waals surface area contributed by atoms with Crippen molar-refractivity contribution in [1.29, 1.82) is 0 Å². The molecule has 0 saturated carbocycles. The predicted octanol–water partition coefficient (Wildman–Crippen LogP) is 3.23. The highest BCUT2D eigenvalue weighted by atomic mass is 35.5. The van der Waals surface area contributed by atoms with Crippen molar-refractivity contribution in [3.63, 3.8) is 0 Å². The molecule has 0 radical (unpaired) electrons. The lowest BCUT2D eigenvalue weighted by Crippen LogP contribution is -2.01. The van der Waals surface area contributed by atoms with E-state index in [9.17, 15) is 9.59 Å². The van der Waals surface area contributed by atoms with Gasteiger partial charge in [0.15, 0.2) is 11.6 Å². The van der Waals surface area contributed by atoms with Gasteiger partial charge >= 0.3 is 0 Å². The molecule has 0 aliphatic rings. The highest BCUT2D eigenvalue weighted by Gasteiger charge is 2.07. The lowest BCUT2D eigenvalue weighted by molar-refractivity contribution is -0.113. The van der Waals surface area contributed by atoms with Crippen molar-refractivity contribution in [3.05, 3.63) is 40.7 Å². The van der Waals surface area contributed by atoms with Gasteiger partial charge in [-0.25, -0.2) is 0 Å². The average Bonchev–Trinajstić information content (AvgIpc) is 2.28. The van der Waals surface area contributed by atoms with E-state index in [2.05, 4.69) is 4.98 Å². The Hall–Kier alpha value is -1.48. The molecule has 0 aromatic carbocycles. The van der Waals surface area contributed by atoms with Crippen molar-refractivity contribution in [2.24, 2.45) is 0 Å². The van der Waals surface area contributed by atoms with Crippen LogP contribution in [0.4, 0.5) is 0 Å². The van der Waals surface area contributed by atoms with E-state index in [-0.39, 0.29) is 11.6 Å². The van der Waals surface area contributed by atoms with E-state index in [1.165, 1.54) is 13.1 Å². The number of carbonyl (C=O) groups excluding carboxylic acids is 2. The highest BCUT2D eigenvalue weighted by molar-refractivity contribution is 6.30. The van der Waals surface area contributed by atoms with Gasteiger partial charge in [-0.3, -0.25) is 14.6 Å². The summed E-state index contributed by atoms with van der Waals surface area (Å²) in [6, 6.07) is 3.17. The Bertz CT molecular complexity index is 466. The molecule has 4 heteroatoms. The molecule has 17 heavy (non-hydrogen) atoms. The molecule has 0 spiro atoms. The Kier molecular flexibility index (Phi) is 5.04. The topological polar surface area (TPSA) is 47.0 Å². The third-order valence-corrected chi connectivity index (χ3v) is 2.62. The Balaban J connectivity index is 2.57. The first-order valence-corrected chi connectivity index (χ1v) is 5.71. The fourth-order valence-electron chi connectivity index (χ4n) is 1.25. The van der Waals surface area contributed by atoms with Gasteiger partial charge in [0.05, 0.1) is 0 Å². The normalized spacial score (nSPS) is 11.4. The SMILES string of the molecule is CC(=O)/C(C)=C/CCC(=O)c1cc(Cl)ccn1. The number of carbonyl (C=O) groups is 2. The van der Waals surface area contributed by atoms with Crippen molar-refractivity contribution >= 4 is 23.2 Å². The maximum atomic E-state index is 11.7. The van der Waals surface area contributed by atoms with Gasteiger partial charge in [-0.15, -0.1) is 0 Å². The van der Waals surface area contributed by atoms with Crippen LogP contribution in [0.1, 0.15) is 37.2 Å². The molecular weight excluding hydrogens is 238 g/mol. The van der Waals surface area contributed by atoms with Crippen molar-refractivity contribution in [2.45, 2.75) is 26.7 Å². The minimum atomic E-state index is -0.0693. The van der Waals surface area contributed by atoms with Crippen LogP contribution in [0.25, 0.3) is 0 Å². The van der Waals surface area contributed by atoms with Crippen LogP contribution < -0.4 is 0 Å². The Morgan fingerprint density at radius 1 is 1.41 bits per heavy atom. The molecule has 0 N–H and O–H groups in total. The number of hydrogen-bond donors (Lipinski definition) is 0. The van der Waals surface area contributed by atoms with Crippen LogP contribution in [0.3, 0.4) is 0 Å². The van der Waals surface area contributed by atoms with Crippen LogP contribution in [0.15, 0.2) is 30.0 Å². The maximum absolute atomic E-state index is 11.7. The standard InChI is InChI=1S/C13H14ClNO2/c1-9(10(2)16)4-3-5-13(17)12-8-11(14)6-7-15-12/h4,6-8H,3,5H2,1-2H3/b9-4+. The molecule has 1 aromatic rings. The van der Waals surface area contributed by atoms with Crippen molar-refractivity contribution < 1.29 is 9.59 Å². The van der Waals surface area contributed by atoms with Gasteiger partial charge in [-0.1, -0.05) is 17.7 Å². The zero-order valence-electron chi connectivity index (χ0n) is 9.87. The van der Waals surface area contributed by atoms with Crippen molar-refractivity contribution in [1.82, 2.24) is 4.98 Å².